The van der Waals surface area contributed by atoms with Crippen LogP contribution < -0.4 is 9.80 Å². The number of carbonyl (C=O) groups excluding carboxylic acids is 3. The van der Waals surface area contributed by atoms with Crippen molar-refractivity contribution < 1.29 is 18.8 Å². The Bertz CT molecular complexity index is 1370. The van der Waals surface area contributed by atoms with Gasteiger partial charge in [-0.3, -0.25) is 24.2 Å². The molecular formula is C24H20FN5O3S. The van der Waals surface area contributed by atoms with E-state index in [0.29, 0.717) is 46.1 Å². The first-order chi connectivity index (χ1) is 16.5. The van der Waals surface area contributed by atoms with Crippen LogP contribution in [0.4, 0.5) is 15.2 Å². The largest absolute Gasteiger partial charge is 0.337 e. The Morgan fingerprint density at radius 2 is 1.94 bits per heavy atom. The number of aryl methyl sites for hydroxylation is 1. The number of imidazole rings is 1. The maximum absolute atomic E-state index is 13.7. The maximum Gasteiger partial charge on any atom is 0.260 e. The summed E-state index contributed by atoms with van der Waals surface area (Å²) in [5.74, 6) is -1.24. The number of benzene rings is 2. The summed E-state index contributed by atoms with van der Waals surface area (Å²) < 4.78 is 16.3. The molecule has 8 nitrogen and oxygen atoms in total. The second-order valence-corrected chi connectivity index (χ2v) is 8.90. The topological polar surface area (TPSA) is 88.4 Å². The molecule has 0 aliphatic carbocycles. The van der Waals surface area contributed by atoms with Crippen molar-refractivity contribution >= 4 is 50.1 Å². The molecule has 3 heterocycles. The van der Waals surface area contributed by atoms with E-state index in [1.807, 2.05) is 10.8 Å². The minimum absolute atomic E-state index is 0.166. The van der Waals surface area contributed by atoms with Gasteiger partial charge in [0, 0.05) is 43.9 Å². The van der Waals surface area contributed by atoms with Gasteiger partial charge in [0.05, 0.1) is 22.2 Å². The average molecular weight is 478 g/mol. The van der Waals surface area contributed by atoms with E-state index in [1.54, 1.807) is 47.8 Å². The summed E-state index contributed by atoms with van der Waals surface area (Å²) in [7, 11) is 0. The van der Waals surface area contributed by atoms with Crippen molar-refractivity contribution in [3.63, 3.8) is 0 Å². The SMILES string of the molecule is O=C(c1cccc(N2C(=O)CCC2=O)c1)N(CCCn1ccnc1)c1nc2ccc(F)cc2s1. The number of imide groups is 1. The lowest BCUT2D eigenvalue weighted by atomic mass is 10.1. The van der Waals surface area contributed by atoms with Crippen molar-refractivity contribution in [2.75, 3.05) is 16.3 Å². The predicted molar refractivity (Wildman–Crippen MR) is 126 cm³/mol. The molecule has 0 N–H and O–H groups in total. The molecule has 172 valence electrons. The molecule has 0 radical (unpaired) electrons. The number of carbonyl (C=O) groups is 3. The summed E-state index contributed by atoms with van der Waals surface area (Å²) in [5.41, 5.74) is 1.32. The first-order valence-electron chi connectivity index (χ1n) is 10.8. The van der Waals surface area contributed by atoms with Crippen LogP contribution >= 0.6 is 11.3 Å². The molecule has 10 heteroatoms. The summed E-state index contributed by atoms with van der Waals surface area (Å²) in [6.45, 7) is 1.02. The molecule has 3 amide bonds. The molecule has 1 saturated heterocycles. The number of anilines is 2. The highest BCUT2D eigenvalue weighted by Crippen LogP contribution is 2.31. The van der Waals surface area contributed by atoms with E-state index in [0.717, 1.165) is 4.90 Å². The minimum Gasteiger partial charge on any atom is -0.337 e. The molecule has 1 fully saturated rings. The Hall–Kier alpha value is -3.92. The predicted octanol–water partition coefficient (Wildman–Crippen LogP) is 4.02. The van der Waals surface area contributed by atoms with E-state index in [9.17, 15) is 18.8 Å². The van der Waals surface area contributed by atoms with Crippen LogP contribution in [0.1, 0.15) is 29.6 Å². The first kappa shape index (κ1) is 21.9. The quantitative estimate of drug-likeness (QED) is 0.375. The fourth-order valence-corrected chi connectivity index (χ4v) is 4.93. The van der Waals surface area contributed by atoms with E-state index in [1.165, 1.54) is 23.5 Å². The van der Waals surface area contributed by atoms with Crippen molar-refractivity contribution in [1.29, 1.82) is 0 Å². The Balaban J connectivity index is 1.46. The molecule has 2 aromatic heterocycles. The molecule has 0 saturated carbocycles. The number of aromatic nitrogens is 3. The summed E-state index contributed by atoms with van der Waals surface area (Å²) in [5, 5.41) is 0.454. The van der Waals surface area contributed by atoms with E-state index in [4.69, 9.17) is 0 Å². The lowest BCUT2D eigenvalue weighted by Gasteiger charge is -2.21. The van der Waals surface area contributed by atoms with Gasteiger partial charge in [0.1, 0.15) is 5.82 Å². The van der Waals surface area contributed by atoms with E-state index in [-0.39, 0.29) is 36.4 Å². The highest BCUT2D eigenvalue weighted by atomic mass is 32.1. The van der Waals surface area contributed by atoms with Crippen LogP contribution in [0.2, 0.25) is 0 Å². The van der Waals surface area contributed by atoms with Gasteiger partial charge >= 0.3 is 0 Å². The summed E-state index contributed by atoms with van der Waals surface area (Å²) >= 11 is 1.24. The van der Waals surface area contributed by atoms with Crippen molar-refractivity contribution in [2.24, 2.45) is 0 Å². The van der Waals surface area contributed by atoms with Crippen LogP contribution in [0.5, 0.6) is 0 Å². The fraction of sp³-hybridized carbons (Fsp3) is 0.208. The van der Waals surface area contributed by atoms with Gasteiger partial charge in [-0.2, -0.15) is 0 Å². The highest BCUT2D eigenvalue weighted by Gasteiger charge is 2.31. The normalized spacial score (nSPS) is 13.7. The van der Waals surface area contributed by atoms with Gasteiger partial charge in [0.15, 0.2) is 5.13 Å². The zero-order valence-electron chi connectivity index (χ0n) is 18.1. The van der Waals surface area contributed by atoms with Gasteiger partial charge in [-0.05, 0) is 42.8 Å². The van der Waals surface area contributed by atoms with Crippen molar-refractivity contribution in [3.8, 4) is 0 Å². The zero-order chi connectivity index (χ0) is 23.7. The standard InChI is InChI=1S/C24H20FN5O3S/c25-17-5-6-19-20(14-17)34-24(27-19)29(11-2-10-28-12-9-26-15-28)23(33)16-3-1-4-18(13-16)30-21(31)7-8-22(30)32/h1,3-6,9,12-15H,2,7-8,10-11H2. The second kappa shape index (κ2) is 9.14. The summed E-state index contributed by atoms with van der Waals surface area (Å²) in [6.07, 6.45) is 6.21. The fourth-order valence-electron chi connectivity index (χ4n) is 3.91. The molecule has 1 aliphatic rings. The number of hydrogen-bond donors (Lipinski definition) is 0. The van der Waals surface area contributed by atoms with Crippen LogP contribution in [0.25, 0.3) is 10.2 Å². The van der Waals surface area contributed by atoms with Crippen LogP contribution in [0.3, 0.4) is 0 Å². The lowest BCUT2D eigenvalue weighted by Crippen LogP contribution is -2.33. The zero-order valence-corrected chi connectivity index (χ0v) is 18.9. The smallest absolute Gasteiger partial charge is 0.260 e. The van der Waals surface area contributed by atoms with Crippen LogP contribution in [0.15, 0.2) is 61.2 Å². The lowest BCUT2D eigenvalue weighted by molar-refractivity contribution is -0.121. The van der Waals surface area contributed by atoms with E-state index in [2.05, 4.69) is 9.97 Å². The second-order valence-electron chi connectivity index (χ2n) is 7.89. The number of nitrogens with zero attached hydrogens (tertiary/aromatic N) is 5. The van der Waals surface area contributed by atoms with Crippen molar-refractivity contribution in [1.82, 2.24) is 14.5 Å². The molecular weight excluding hydrogens is 457 g/mol. The van der Waals surface area contributed by atoms with Gasteiger partial charge in [0.25, 0.3) is 5.91 Å². The number of thiazole rings is 1. The molecule has 0 atom stereocenters. The number of amides is 3. The number of hydrogen-bond acceptors (Lipinski definition) is 6. The maximum atomic E-state index is 13.7. The van der Waals surface area contributed by atoms with Crippen molar-refractivity contribution in [2.45, 2.75) is 25.8 Å². The Labute approximate surface area is 198 Å². The average Bonchev–Trinajstić information content (AvgIpc) is 3.56. The molecule has 5 rings (SSSR count). The molecule has 0 bridgehead atoms. The molecule has 4 aromatic rings. The highest BCUT2D eigenvalue weighted by molar-refractivity contribution is 7.22. The third-order valence-corrected chi connectivity index (χ3v) is 6.62. The third kappa shape index (κ3) is 4.32. The van der Waals surface area contributed by atoms with E-state index < -0.39 is 0 Å². The van der Waals surface area contributed by atoms with Gasteiger partial charge in [0.2, 0.25) is 11.8 Å². The summed E-state index contributed by atoms with van der Waals surface area (Å²) in [6, 6.07) is 10.8. The molecule has 0 unspecified atom stereocenters. The van der Waals surface area contributed by atoms with Crippen molar-refractivity contribution in [3.05, 3.63) is 72.6 Å². The minimum atomic E-state index is -0.367. The number of fused-ring (bicyclic) bond motifs is 1. The van der Waals surface area contributed by atoms with Gasteiger partial charge in [-0.15, -0.1) is 0 Å². The van der Waals surface area contributed by atoms with Crippen LogP contribution in [-0.4, -0.2) is 38.8 Å². The summed E-state index contributed by atoms with van der Waals surface area (Å²) in [4.78, 5) is 49.2. The number of halogens is 1. The van der Waals surface area contributed by atoms with E-state index >= 15 is 0 Å². The monoisotopic (exact) mass is 477 g/mol. The molecule has 34 heavy (non-hydrogen) atoms. The van der Waals surface area contributed by atoms with Gasteiger partial charge in [-0.1, -0.05) is 17.4 Å². The Morgan fingerprint density at radius 3 is 2.71 bits per heavy atom. The third-order valence-electron chi connectivity index (χ3n) is 5.58. The molecule has 2 aromatic carbocycles. The van der Waals surface area contributed by atoms with Gasteiger partial charge in [-0.25, -0.2) is 14.4 Å². The molecule has 1 aliphatic heterocycles. The first-order valence-corrected chi connectivity index (χ1v) is 11.6. The molecule has 0 spiro atoms. The van der Waals surface area contributed by atoms with Crippen LogP contribution in [0, 0.1) is 5.82 Å². The number of rotatable bonds is 7. The van der Waals surface area contributed by atoms with Crippen LogP contribution in [-0.2, 0) is 16.1 Å². The van der Waals surface area contributed by atoms with Gasteiger partial charge < -0.3 is 4.57 Å². The Kier molecular flexibility index (Phi) is 5.89. The Morgan fingerprint density at radius 1 is 1.12 bits per heavy atom.